The number of carbonyl (C=O) groups is 3. The molecule has 0 radical (unpaired) electrons. The van der Waals surface area contributed by atoms with Crippen molar-refractivity contribution >= 4 is 17.9 Å². The molecule has 1 atom stereocenters. The highest BCUT2D eigenvalue weighted by molar-refractivity contribution is 5.71. The molecule has 0 saturated heterocycles. The molecule has 0 aliphatic rings. The molecule has 378 valence electrons. The van der Waals surface area contributed by atoms with Crippen molar-refractivity contribution in [2.75, 3.05) is 13.2 Å². The number of carbonyl (C=O) groups excluding carboxylic acids is 3. The lowest BCUT2D eigenvalue weighted by molar-refractivity contribution is -0.166. The van der Waals surface area contributed by atoms with Crippen LogP contribution in [0, 0.1) is 0 Å². The predicted octanol–water partition coefficient (Wildman–Crippen LogP) is 18.1. The fourth-order valence-corrected chi connectivity index (χ4v) is 6.88. The van der Waals surface area contributed by atoms with E-state index in [9.17, 15) is 14.4 Å². The molecule has 0 rings (SSSR count). The van der Waals surface area contributed by atoms with Gasteiger partial charge < -0.3 is 14.2 Å². The Morgan fingerprint density at radius 3 is 1.00 bits per heavy atom. The zero-order valence-corrected chi connectivity index (χ0v) is 43.1. The maximum atomic E-state index is 12.8. The number of rotatable bonds is 47. The van der Waals surface area contributed by atoms with Gasteiger partial charge in [0.25, 0.3) is 0 Å². The Balaban J connectivity index is 4.57. The van der Waals surface area contributed by atoms with E-state index >= 15 is 0 Å². The molecule has 0 aromatic carbocycles. The first kappa shape index (κ1) is 62.8. The molecule has 0 aliphatic carbocycles. The van der Waals surface area contributed by atoms with Crippen molar-refractivity contribution in [2.45, 2.75) is 232 Å². The zero-order chi connectivity index (χ0) is 48.6. The van der Waals surface area contributed by atoms with Crippen LogP contribution in [0.25, 0.3) is 0 Å². The lowest BCUT2D eigenvalue weighted by Gasteiger charge is -2.18. The first-order valence-electron chi connectivity index (χ1n) is 27.0. The van der Waals surface area contributed by atoms with Gasteiger partial charge in [-0.2, -0.15) is 0 Å². The van der Waals surface area contributed by atoms with Crippen LogP contribution in [0.15, 0.2) is 122 Å². The molecule has 67 heavy (non-hydrogen) atoms. The van der Waals surface area contributed by atoms with E-state index in [1.165, 1.54) is 51.4 Å². The molecule has 0 heterocycles. The quantitative estimate of drug-likeness (QED) is 0.0262. The summed E-state index contributed by atoms with van der Waals surface area (Å²) in [4.78, 5) is 38.0. The minimum Gasteiger partial charge on any atom is -0.462 e. The average molecular weight is 927 g/mol. The second-order valence-electron chi connectivity index (χ2n) is 17.4. The van der Waals surface area contributed by atoms with Gasteiger partial charge >= 0.3 is 17.9 Å². The molecule has 0 fully saturated rings. The minimum absolute atomic E-state index is 0.118. The van der Waals surface area contributed by atoms with Gasteiger partial charge in [-0.1, -0.05) is 206 Å². The zero-order valence-electron chi connectivity index (χ0n) is 43.1. The first-order valence-corrected chi connectivity index (χ1v) is 27.0. The van der Waals surface area contributed by atoms with Gasteiger partial charge in [0, 0.05) is 19.3 Å². The Labute approximate surface area is 412 Å². The SMILES string of the molecule is CCC=CCC=CCC=CCC=CCC=CCC=CCCC(=O)OCC(COC(=O)CCCCCCCC=CCC=CCCCCC)OC(=O)CCCCCCCC=CCC=CCCCCC. The highest BCUT2D eigenvalue weighted by Gasteiger charge is 2.19. The van der Waals surface area contributed by atoms with Gasteiger partial charge in [-0.15, -0.1) is 0 Å². The lowest BCUT2D eigenvalue weighted by Crippen LogP contribution is -2.30. The van der Waals surface area contributed by atoms with Gasteiger partial charge in [-0.3, -0.25) is 14.4 Å². The first-order chi connectivity index (χ1) is 33.0. The van der Waals surface area contributed by atoms with Gasteiger partial charge in [0.05, 0.1) is 0 Å². The lowest BCUT2D eigenvalue weighted by atomic mass is 10.1. The van der Waals surface area contributed by atoms with E-state index in [0.29, 0.717) is 12.8 Å². The topological polar surface area (TPSA) is 78.9 Å². The summed E-state index contributed by atoms with van der Waals surface area (Å²) in [6.45, 7) is 6.37. The van der Waals surface area contributed by atoms with E-state index < -0.39 is 6.10 Å². The molecule has 1 unspecified atom stereocenters. The predicted molar refractivity (Wildman–Crippen MR) is 288 cm³/mol. The van der Waals surface area contributed by atoms with Crippen LogP contribution in [0.1, 0.15) is 226 Å². The van der Waals surface area contributed by atoms with Gasteiger partial charge in [-0.25, -0.2) is 0 Å². The molecular weight excluding hydrogens is 829 g/mol. The molecule has 0 saturated carbocycles. The van der Waals surface area contributed by atoms with Gasteiger partial charge in [0.1, 0.15) is 13.2 Å². The highest BCUT2D eigenvalue weighted by atomic mass is 16.6. The summed E-state index contributed by atoms with van der Waals surface area (Å²) < 4.78 is 16.7. The van der Waals surface area contributed by atoms with Crippen LogP contribution in [0.3, 0.4) is 0 Å². The highest BCUT2D eigenvalue weighted by Crippen LogP contribution is 2.12. The van der Waals surface area contributed by atoms with E-state index in [0.717, 1.165) is 128 Å². The van der Waals surface area contributed by atoms with Crippen molar-refractivity contribution in [3.8, 4) is 0 Å². The van der Waals surface area contributed by atoms with E-state index in [2.05, 4.69) is 130 Å². The van der Waals surface area contributed by atoms with Crippen LogP contribution in [0.4, 0.5) is 0 Å². The Morgan fingerprint density at radius 1 is 0.313 bits per heavy atom. The second-order valence-corrected chi connectivity index (χ2v) is 17.4. The normalized spacial score (nSPS) is 13.1. The van der Waals surface area contributed by atoms with Crippen molar-refractivity contribution in [2.24, 2.45) is 0 Å². The largest absolute Gasteiger partial charge is 0.462 e. The third kappa shape index (κ3) is 52.6. The van der Waals surface area contributed by atoms with E-state index in [-0.39, 0.29) is 44.0 Å². The van der Waals surface area contributed by atoms with E-state index in [4.69, 9.17) is 14.2 Å². The van der Waals surface area contributed by atoms with Crippen molar-refractivity contribution in [3.05, 3.63) is 122 Å². The molecule has 0 aromatic heterocycles. The number of hydrogen-bond donors (Lipinski definition) is 0. The van der Waals surface area contributed by atoms with Crippen molar-refractivity contribution in [1.29, 1.82) is 0 Å². The smallest absolute Gasteiger partial charge is 0.306 e. The maximum absolute atomic E-state index is 12.8. The second kappa shape index (κ2) is 54.4. The fourth-order valence-electron chi connectivity index (χ4n) is 6.88. The van der Waals surface area contributed by atoms with E-state index in [1.807, 2.05) is 12.2 Å². The van der Waals surface area contributed by atoms with Crippen LogP contribution in [-0.4, -0.2) is 37.2 Å². The van der Waals surface area contributed by atoms with Gasteiger partial charge in [-0.05, 0) is 122 Å². The van der Waals surface area contributed by atoms with Crippen molar-refractivity contribution in [1.82, 2.24) is 0 Å². The molecule has 0 spiro atoms. The number of unbranched alkanes of at least 4 members (excludes halogenated alkanes) is 16. The summed E-state index contributed by atoms with van der Waals surface area (Å²) in [6, 6.07) is 0. The van der Waals surface area contributed by atoms with E-state index in [1.54, 1.807) is 0 Å². The van der Waals surface area contributed by atoms with Crippen molar-refractivity contribution in [3.63, 3.8) is 0 Å². The summed E-state index contributed by atoms with van der Waals surface area (Å²) in [5, 5.41) is 0. The maximum Gasteiger partial charge on any atom is 0.306 e. The van der Waals surface area contributed by atoms with Crippen LogP contribution < -0.4 is 0 Å². The molecule has 0 bridgehead atoms. The van der Waals surface area contributed by atoms with Crippen LogP contribution in [0.5, 0.6) is 0 Å². The molecule has 0 aromatic rings. The van der Waals surface area contributed by atoms with Crippen LogP contribution in [0.2, 0.25) is 0 Å². The van der Waals surface area contributed by atoms with Gasteiger partial charge in [0.15, 0.2) is 6.10 Å². The average Bonchev–Trinajstić information content (AvgIpc) is 3.33. The van der Waals surface area contributed by atoms with Gasteiger partial charge in [0.2, 0.25) is 0 Å². The monoisotopic (exact) mass is 927 g/mol. The Kier molecular flexibility index (Phi) is 51.0. The van der Waals surface area contributed by atoms with Crippen LogP contribution in [-0.2, 0) is 28.6 Å². The fraction of sp³-hybridized carbons (Fsp3) is 0.623. The molecule has 6 heteroatoms. The van der Waals surface area contributed by atoms with Crippen molar-refractivity contribution < 1.29 is 28.6 Å². The Bertz CT molecular complexity index is 1440. The third-order valence-corrected chi connectivity index (χ3v) is 10.9. The number of esters is 3. The molecular formula is C61H98O6. The third-order valence-electron chi connectivity index (χ3n) is 10.9. The minimum atomic E-state index is -0.825. The summed E-state index contributed by atoms with van der Waals surface area (Å²) in [5.41, 5.74) is 0. The number of hydrogen-bond acceptors (Lipinski definition) is 6. The number of allylic oxidation sites excluding steroid dienone is 20. The number of ether oxygens (including phenoxy) is 3. The molecule has 0 amide bonds. The molecule has 6 nitrogen and oxygen atoms in total. The summed E-state index contributed by atoms with van der Waals surface area (Å²) in [7, 11) is 0. The Hall–Kier alpha value is -4.19. The summed E-state index contributed by atoms with van der Waals surface area (Å²) in [6.07, 6.45) is 74.7. The summed E-state index contributed by atoms with van der Waals surface area (Å²) in [5.74, 6) is -1.04. The standard InChI is InChI=1S/C61H98O6/c1-4-7-10-13-16-19-22-25-28-29-30-31-34-36-39-42-45-48-51-54-60(63)66-57-58(67-61(64)55-52-49-46-43-40-37-33-27-24-21-18-15-12-9-6-3)56-65-59(62)53-50-47-44-41-38-35-32-26-23-20-17-14-11-8-5-2/h7,10,16-21,25-28,30-33,36,39,45,48,58H,4-6,8-9,11-15,22-24,29,34-35,37-38,40-44,46-47,49-57H2,1-3H3. The molecule has 0 N–H and O–H groups in total. The Morgan fingerprint density at radius 2 is 0.612 bits per heavy atom. The molecule has 0 aliphatic heterocycles. The van der Waals surface area contributed by atoms with Crippen LogP contribution >= 0.6 is 0 Å². The summed E-state index contributed by atoms with van der Waals surface area (Å²) >= 11 is 0.